The van der Waals surface area contributed by atoms with Crippen LogP contribution in [0, 0.1) is 4.77 Å². The Balaban J connectivity index is 2.24. The number of aromatic amines is 1. The van der Waals surface area contributed by atoms with Crippen molar-refractivity contribution < 1.29 is 8.42 Å². The molecular formula is C13H16N2O2S3. The molecule has 4 nitrogen and oxygen atoms in total. The normalized spacial score (nSPS) is 17.6. The summed E-state index contributed by atoms with van der Waals surface area (Å²) in [4.78, 5) is 3.42. The molecule has 1 aromatic carbocycles. The average molecular weight is 328 g/mol. The van der Waals surface area contributed by atoms with Crippen molar-refractivity contribution >= 4 is 44.9 Å². The van der Waals surface area contributed by atoms with Gasteiger partial charge in [-0.2, -0.15) is 11.8 Å². The van der Waals surface area contributed by atoms with E-state index in [0.717, 1.165) is 29.9 Å². The number of hydrogen-bond acceptors (Lipinski definition) is 4. The average Bonchev–Trinajstić information content (AvgIpc) is 2.74. The largest absolute Gasteiger partial charge is 0.329 e. The van der Waals surface area contributed by atoms with Gasteiger partial charge in [0.15, 0.2) is 14.6 Å². The van der Waals surface area contributed by atoms with Gasteiger partial charge in [0.25, 0.3) is 0 Å². The molecule has 0 spiro atoms. The first-order valence-electron chi connectivity index (χ1n) is 6.49. The third-order valence-electron chi connectivity index (χ3n) is 3.67. The van der Waals surface area contributed by atoms with Gasteiger partial charge >= 0.3 is 0 Å². The van der Waals surface area contributed by atoms with Gasteiger partial charge in [0.05, 0.1) is 15.9 Å². The van der Waals surface area contributed by atoms with Crippen molar-refractivity contribution in [3.8, 4) is 0 Å². The van der Waals surface area contributed by atoms with E-state index in [9.17, 15) is 8.42 Å². The zero-order valence-electron chi connectivity index (χ0n) is 11.1. The molecule has 0 bridgehead atoms. The van der Waals surface area contributed by atoms with Crippen LogP contribution >= 0.6 is 24.0 Å². The highest BCUT2D eigenvalue weighted by Gasteiger charge is 2.21. The van der Waals surface area contributed by atoms with Crippen LogP contribution in [-0.2, 0) is 9.84 Å². The maximum absolute atomic E-state index is 11.9. The number of hydrogen-bond donors (Lipinski definition) is 1. The Morgan fingerprint density at radius 2 is 2.05 bits per heavy atom. The van der Waals surface area contributed by atoms with Gasteiger partial charge < -0.3 is 9.55 Å². The Morgan fingerprint density at radius 1 is 1.35 bits per heavy atom. The predicted octanol–water partition coefficient (Wildman–Crippen LogP) is 3.17. The number of para-hydroxylation sites is 1. The predicted molar refractivity (Wildman–Crippen MR) is 85.8 cm³/mol. The summed E-state index contributed by atoms with van der Waals surface area (Å²) >= 11 is 7.38. The minimum atomic E-state index is -3.26. The van der Waals surface area contributed by atoms with E-state index in [4.69, 9.17) is 12.2 Å². The second-order valence-corrected chi connectivity index (χ2v) is 8.66. The van der Waals surface area contributed by atoms with E-state index in [1.807, 2.05) is 17.8 Å². The number of benzene rings is 1. The molecule has 1 saturated heterocycles. The van der Waals surface area contributed by atoms with Crippen LogP contribution in [0.3, 0.4) is 0 Å². The number of imidazole rings is 1. The van der Waals surface area contributed by atoms with Gasteiger partial charge in [-0.15, -0.1) is 0 Å². The number of sulfone groups is 1. The number of nitrogens with one attached hydrogen (secondary N) is 1. The molecule has 0 atom stereocenters. The van der Waals surface area contributed by atoms with Gasteiger partial charge in [-0.1, -0.05) is 6.07 Å². The smallest absolute Gasteiger partial charge is 0.178 e. The van der Waals surface area contributed by atoms with Crippen LogP contribution in [0.1, 0.15) is 18.9 Å². The van der Waals surface area contributed by atoms with Crippen LogP contribution in [0.4, 0.5) is 0 Å². The van der Waals surface area contributed by atoms with Crippen molar-refractivity contribution in [3.63, 3.8) is 0 Å². The lowest BCUT2D eigenvalue weighted by molar-refractivity contribution is 0.476. The Bertz CT molecular complexity index is 799. The Morgan fingerprint density at radius 3 is 2.70 bits per heavy atom. The maximum atomic E-state index is 11.9. The zero-order valence-corrected chi connectivity index (χ0v) is 13.6. The number of H-pyrrole nitrogens is 1. The second-order valence-electron chi connectivity index (χ2n) is 5.07. The third-order valence-corrected chi connectivity index (χ3v) is 6.16. The van der Waals surface area contributed by atoms with Gasteiger partial charge in [-0.05, 0) is 48.7 Å². The molecule has 1 fully saturated rings. The number of thioether (sulfide) groups is 1. The molecule has 3 rings (SSSR count). The molecule has 1 aliphatic rings. The quantitative estimate of drug-likeness (QED) is 0.860. The van der Waals surface area contributed by atoms with Gasteiger partial charge in [0, 0.05) is 12.3 Å². The van der Waals surface area contributed by atoms with E-state index in [1.54, 1.807) is 12.1 Å². The van der Waals surface area contributed by atoms with Gasteiger partial charge in [-0.25, -0.2) is 8.42 Å². The first-order valence-corrected chi connectivity index (χ1v) is 9.95. The van der Waals surface area contributed by atoms with Crippen molar-refractivity contribution in [2.75, 3.05) is 17.8 Å². The molecule has 20 heavy (non-hydrogen) atoms. The molecule has 2 heterocycles. The summed E-state index contributed by atoms with van der Waals surface area (Å²) in [5, 5.41) is 0. The van der Waals surface area contributed by atoms with Crippen molar-refractivity contribution in [1.82, 2.24) is 9.55 Å². The molecule has 1 aromatic heterocycles. The molecule has 7 heteroatoms. The summed E-state index contributed by atoms with van der Waals surface area (Å²) in [5.74, 6) is 2.26. The molecule has 0 aliphatic carbocycles. The molecular weight excluding hydrogens is 312 g/mol. The number of fused-ring (bicyclic) bond motifs is 1. The standard InChI is InChI=1S/C13H16N2O2S3/c1-20(16,17)11-4-2-3-10-12(11)14-13(18)15(10)9-5-7-19-8-6-9/h2-4,9H,5-8H2,1H3,(H,14,18). The topological polar surface area (TPSA) is 54.9 Å². The highest BCUT2D eigenvalue weighted by molar-refractivity contribution is 7.99. The monoisotopic (exact) mass is 328 g/mol. The second kappa shape index (κ2) is 5.20. The van der Waals surface area contributed by atoms with Gasteiger partial charge in [-0.3, -0.25) is 0 Å². The van der Waals surface area contributed by atoms with E-state index in [2.05, 4.69) is 9.55 Å². The molecule has 0 unspecified atom stereocenters. The van der Waals surface area contributed by atoms with Crippen LogP contribution in [0.5, 0.6) is 0 Å². The summed E-state index contributed by atoms with van der Waals surface area (Å²) in [7, 11) is -3.26. The SMILES string of the molecule is CS(=O)(=O)c1cccc2c1[nH]c(=S)n2C1CCSCC1. The van der Waals surface area contributed by atoms with Crippen molar-refractivity contribution in [2.24, 2.45) is 0 Å². The zero-order chi connectivity index (χ0) is 14.3. The fraction of sp³-hybridized carbons (Fsp3) is 0.462. The van der Waals surface area contributed by atoms with Crippen LogP contribution < -0.4 is 0 Å². The lowest BCUT2D eigenvalue weighted by Crippen LogP contribution is -2.15. The van der Waals surface area contributed by atoms with Crippen LogP contribution in [-0.4, -0.2) is 35.7 Å². The first-order chi connectivity index (χ1) is 9.48. The van der Waals surface area contributed by atoms with Crippen molar-refractivity contribution in [1.29, 1.82) is 0 Å². The Labute approximate surface area is 127 Å². The molecule has 108 valence electrons. The highest BCUT2D eigenvalue weighted by atomic mass is 32.2. The lowest BCUT2D eigenvalue weighted by Gasteiger charge is -2.23. The number of nitrogens with zero attached hydrogens (tertiary/aromatic N) is 1. The van der Waals surface area contributed by atoms with Crippen molar-refractivity contribution in [3.05, 3.63) is 23.0 Å². The van der Waals surface area contributed by atoms with Gasteiger partial charge in [0.1, 0.15) is 0 Å². The van der Waals surface area contributed by atoms with Crippen LogP contribution in [0.25, 0.3) is 11.0 Å². The Hall–Kier alpha value is -0.790. The number of rotatable bonds is 2. The fourth-order valence-corrected chi connectivity index (χ4v) is 5.02. The molecule has 0 saturated carbocycles. The molecule has 1 aliphatic heterocycles. The van der Waals surface area contributed by atoms with E-state index in [1.165, 1.54) is 6.26 Å². The lowest BCUT2D eigenvalue weighted by atomic mass is 10.1. The summed E-state index contributed by atoms with van der Waals surface area (Å²) in [5.41, 5.74) is 1.54. The fourth-order valence-electron chi connectivity index (χ4n) is 2.74. The summed E-state index contributed by atoms with van der Waals surface area (Å²) in [6, 6.07) is 5.73. The summed E-state index contributed by atoms with van der Waals surface area (Å²) in [6.45, 7) is 0. The third kappa shape index (κ3) is 2.42. The summed E-state index contributed by atoms with van der Waals surface area (Å²) in [6.07, 6.45) is 3.39. The highest BCUT2D eigenvalue weighted by Crippen LogP contribution is 2.32. The van der Waals surface area contributed by atoms with Gasteiger partial charge in [0.2, 0.25) is 0 Å². The number of aromatic nitrogens is 2. The molecule has 0 radical (unpaired) electrons. The van der Waals surface area contributed by atoms with Crippen molar-refractivity contribution in [2.45, 2.75) is 23.8 Å². The minimum Gasteiger partial charge on any atom is -0.329 e. The van der Waals surface area contributed by atoms with Crippen LogP contribution in [0.15, 0.2) is 23.1 Å². The van der Waals surface area contributed by atoms with E-state index >= 15 is 0 Å². The molecule has 0 amide bonds. The van der Waals surface area contributed by atoms with E-state index in [0.29, 0.717) is 21.2 Å². The summed E-state index contributed by atoms with van der Waals surface area (Å²) < 4.78 is 26.5. The maximum Gasteiger partial charge on any atom is 0.178 e. The first kappa shape index (κ1) is 14.2. The molecule has 2 aromatic rings. The van der Waals surface area contributed by atoms with Crippen LogP contribution in [0.2, 0.25) is 0 Å². The van der Waals surface area contributed by atoms with E-state index in [-0.39, 0.29) is 0 Å². The molecule has 1 N–H and O–H groups in total. The Kier molecular flexibility index (Phi) is 3.68. The van der Waals surface area contributed by atoms with E-state index < -0.39 is 9.84 Å². The minimum absolute atomic E-state index is 0.324.